The Morgan fingerprint density at radius 3 is 2.76 bits per heavy atom. The lowest BCUT2D eigenvalue weighted by molar-refractivity contribution is 0.0590. The fourth-order valence-corrected chi connectivity index (χ4v) is 3.38. The van der Waals surface area contributed by atoms with Gasteiger partial charge in [0, 0.05) is 25.5 Å². The van der Waals surface area contributed by atoms with Gasteiger partial charge in [0.05, 0.1) is 6.04 Å². The van der Waals surface area contributed by atoms with E-state index in [2.05, 4.69) is 15.3 Å². The summed E-state index contributed by atoms with van der Waals surface area (Å²) < 4.78 is 3.62. The van der Waals surface area contributed by atoms with Crippen LogP contribution in [0.15, 0.2) is 48.9 Å². The van der Waals surface area contributed by atoms with Crippen molar-refractivity contribution in [1.29, 1.82) is 0 Å². The van der Waals surface area contributed by atoms with Crippen molar-refractivity contribution in [3.05, 3.63) is 60.4 Å². The summed E-state index contributed by atoms with van der Waals surface area (Å²) >= 11 is 0. The second-order valence-electron chi connectivity index (χ2n) is 6.28. The molecule has 1 aliphatic rings. The summed E-state index contributed by atoms with van der Waals surface area (Å²) in [4.78, 5) is 14.8. The largest absolute Gasteiger partial charge is 0.327 e. The average molecular weight is 336 g/mol. The Balaban J connectivity index is 1.69. The maximum atomic E-state index is 13.0. The predicted molar refractivity (Wildman–Crippen MR) is 92.2 cm³/mol. The number of carbonyl (C=O) groups excluding carboxylic acids is 1. The maximum absolute atomic E-state index is 13.0. The van der Waals surface area contributed by atoms with E-state index in [-0.39, 0.29) is 11.9 Å². The molecule has 1 fully saturated rings. The molecule has 4 rings (SSSR count). The number of carbonyl (C=O) groups is 1. The lowest BCUT2D eigenvalue weighted by atomic mass is 10.0. The van der Waals surface area contributed by atoms with Gasteiger partial charge in [-0.3, -0.25) is 14.0 Å². The summed E-state index contributed by atoms with van der Waals surface area (Å²) in [5, 5.41) is 12.7. The van der Waals surface area contributed by atoms with E-state index in [9.17, 15) is 4.79 Å². The van der Waals surface area contributed by atoms with Crippen LogP contribution in [0, 0.1) is 0 Å². The molecule has 2 aromatic heterocycles. The van der Waals surface area contributed by atoms with Gasteiger partial charge < -0.3 is 4.90 Å². The lowest BCUT2D eigenvalue weighted by Gasteiger charge is -2.34. The number of rotatable bonds is 3. The smallest absolute Gasteiger partial charge is 0.274 e. The molecule has 0 radical (unpaired) electrons. The summed E-state index contributed by atoms with van der Waals surface area (Å²) in [7, 11) is 1.82. The molecular formula is C18H20N6O. The Hall–Kier alpha value is -2.96. The number of aromatic nitrogens is 5. The second-order valence-corrected chi connectivity index (χ2v) is 6.28. The molecule has 1 aromatic carbocycles. The Kier molecular flexibility index (Phi) is 4.05. The van der Waals surface area contributed by atoms with E-state index >= 15 is 0 Å². The highest BCUT2D eigenvalue weighted by Crippen LogP contribution is 2.31. The number of piperidine rings is 1. The quantitative estimate of drug-likeness (QED) is 0.736. The van der Waals surface area contributed by atoms with Crippen molar-refractivity contribution in [1.82, 2.24) is 29.4 Å². The van der Waals surface area contributed by atoms with Crippen LogP contribution in [0.1, 0.15) is 41.6 Å². The van der Waals surface area contributed by atoms with Crippen LogP contribution in [0.2, 0.25) is 0 Å². The van der Waals surface area contributed by atoms with Gasteiger partial charge in [-0.15, -0.1) is 10.2 Å². The lowest BCUT2D eigenvalue weighted by Crippen LogP contribution is -2.39. The standard InChI is InChI=1S/C18H20N6O/c1-22-12-10-15(21-22)18(25)23-11-6-5-9-16(23)17-20-19-13-24(17)14-7-3-2-4-8-14/h2-4,7-8,10,12-13,16H,5-6,9,11H2,1H3. The zero-order valence-electron chi connectivity index (χ0n) is 14.1. The van der Waals surface area contributed by atoms with Crippen LogP contribution < -0.4 is 0 Å². The van der Waals surface area contributed by atoms with Crippen LogP contribution >= 0.6 is 0 Å². The zero-order chi connectivity index (χ0) is 17.2. The van der Waals surface area contributed by atoms with E-state index in [0.29, 0.717) is 12.2 Å². The second kappa shape index (κ2) is 6.51. The molecule has 1 atom stereocenters. The van der Waals surface area contributed by atoms with Crippen molar-refractivity contribution in [2.75, 3.05) is 6.54 Å². The molecule has 1 aliphatic heterocycles. The van der Waals surface area contributed by atoms with Gasteiger partial charge in [-0.1, -0.05) is 18.2 Å². The van der Waals surface area contributed by atoms with E-state index < -0.39 is 0 Å². The first-order valence-electron chi connectivity index (χ1n) is 8.50. The average Bonchev–Trinajstić information content (AvgIpc) is 3.31. The van der Waals surface area contributed by atoms with Crippen molar-refractivity contribution in [2.45, 2.75) is 25.3 Å². The molecule has 0 aliphatic carbocycles. The summed E-state index contributed by atoms with van der Waals surface area (Å²) in [5.74, 6) is 0.753. The first-order chi connectivity index (χ1) is 12.2. The molecule has 0 saturated carbocycles. The van der Waals surface area contributed by atoms with E-state index in [1.807, 2.05) is 46.8 Å². The predicted octanol–water partition coefficient (Wildman–Crippen LogP) is 2.37. The summed E-state index contributed by atoms with van der Waals surface area (Å²) in [6, 6.07) is 11.6. The molecule has 128 valence electrons. The van der Waals surface area contributed by atoms with Gasteiger partial charge in [0.25, 0.3) is 5.91 Å². The molecule has 3 aromatic rings. The third kappa shape index (κ3) is 2.93. The van der Waals surface area contributed by atoms with Crippen molar-refractivity contribution < 1.29 is 4.79 Å². The minimum Gasteiger partial charge on any atom is -0.327 e. The number of para-hydroxylation sites is 1. The minimum atomic E-state index is -0.0917. The Labute approximate surface area is 145 Å². The van der Waals surface area contributed by atoms with E-state index in [4.69, 9.17) is 0 Å². The zero-order valence-corrected chi connectivity index (χ0v) is 14.1. The number of nitrogens with zero attached hydrogens (tertiary/aromatic N) is 6. The molecule has 3 heterocycles. The fraction of sp³-hybridized carbons (Fsp3) is 0.333. The molecule has 7 nitrogen and oxygen atoms in total. The van der Waals surface area contributed by atoms with Crippen LogP contribution in [0.25, 0.3) is 5.69 Å². The summed E-state index contributed by atoms with van der Waals surface area (Å²) in [6.45, 7) is 0.710. The van der Waals surface area contributed by atoms with Crippen molar-refractivity contribution in [3.8, 4) is 5.69 Å². The number of likely N-dealkylation sites (tertiary alicyclic amines) is 1. The first kappa shape index (κ1) is 15.6. The Bertz CT molecular complexity index is 869. The maximum Gasteiger partial charge on any atom is 0.274 e. The molecule has 1 amide bonds. The van der Waals surface area contributed by atoms with Gasteiger partial charge in [-0.05, 0) is 37.5 Å². The van der Waals surface area contributed by atoms with E-state index in [1.54, 1.807) is 23.3 Å². The topological polar surface area (TPSA) is 68.8 Å². The Morgan fingerprint density at radius 1 is 1.16 bits per heavy atom. The number of hydrogen-bond donors (Lipinski definition) is 0. The molecule has 0 bridgehead atoms. The van der Waals surface area contributed by atoms with Gasteiger partial charge in [0.1, 0.15) is 12.0 Å². The summed E-state index contributed by atoms with van der Waals surface area (Å²) in [6.07, 6.45) is 6.44. The number of hydrogen-bond acceptors (Lipinski definition) is 4. The molecule has 0 N–H and O–H groups in total. The van der Waals surface area contributed by atoms with Gasteiger partial charge in [-0.2, -0.15) is 5.10 Å². The molecular weight excluding hydrogens is 316 g/mol. The van der Waals surface area contributed by atoms with Crippen LogP contribution in [0.5, 0.6) is 0 Å². The highest BCUT2D eigenvalue weighted by Gasteiger charge is 2.33. The molecule has 1 saturated heterocycles. The highest BCUT2D eigenvalue weighted by atomic mass is 16.2. The number of benzene rings is 1. The highest BCUT2D eigenvalue weighted by molar-refractivity contribution is 5.92. The normalized spacial score (nSPS) is 17.6. The van der Waals surface area contributed by atoms with Crippen molar-refractivity contribution in [2.24, 2.45) is 7.05 Å². The van der Waals surface area contributed by atoms with Crippen LogP contribution in [-0.4, -0.2) is 41.9 Å². The van der Waals surface area contributed by atoms with Crippen molar-refractivity contribution in [3.63, 3.8) is 0 Å². The minimum absolute atomic E-state index is 0.0482. The number of amides is 1. The third-order valence-corrected chi connectivity index (χ3v) is 4.60. The van der Waals surface area contributed by atoms with Crippen LogP contribution in [0.3, 0.4) is 0 Å². The fourth-order valence-electron chi connectivity index (χ4n) is 3.38. The monoisotopic (exact) mass is 336 g/mol. The molecule has 7 heteroatoms. The first-order valence-corrected chi connectivity index (χ1v) is 8.50. The van der Waals surface area contributed by atoms with Crippen LogP contribution in [0.4, 0.5) is 0 Å². The Morgan fingerprint density at radius 2 is 2.00 bits per heavy atom. The van der Waals surface area contributed by atoms with Crippen LogP contribution in [-0.2, 0) is 7.05 Å². The molecule has 1 unspecified atom stereocenters. The number of aryl methyl sites for hydroxylation is 1. The SMILES string of the molecule is Cn1ccc(C(=O)N2CCCCC2c2nncn2-c2ccccc2)n1. The molecule has 0 spiro atoms. The van der Waals surface area contributed by atoms with E-state index in [1.165, 1.54) is 0 Å². The van der Waals surface area contributed by atoms with Crippen molar-refractivity contribution >= 4 is 5.91 Å². The van der Waals surface area contributed by atoms with E-state index in [0.717, 1.165) is 30.8 Å². The van der Waals surface area contributed by atoms with Gasteiger partial charge in [0.15, 0.2) is 5.82 Å². The van der Waals surface area contributed by atoms with Gasteiger partial charge in [-0.25, -0.2) is 0 Å². The third-order valence-electron chi connectivity index (χ3n) is 4.60. The van der Waals surface area contributed by atoms with Gasteiger partial charge >= 0.3 is 0 Å². The summed E-state index contributed by atoms with van der Waals surface area (Å²) in [5.41, 5.74) is 1.47. The van der Waals surface area contributed by atoms with Gasteiger partial charge in [0.2, 0.25) is 0 Å². The molecule has 25 heavy (non-hydrogen) atoms.